The Hall–Kier alpha value is -3.93. The molecule has 0 amide bonds. The lowest BCUT2D eigenvalue weighted by atomic mass is 9.97. The molecule has 0 unspecified atom stereocenters. The predicted molar refractivity (Wildman–Crippen MR) is 114 cm³/mol. The second kappa shape index (κ2) is 7.48. The van der Waals surface area contributed by atoms with Crippen LogP contribution in [0.5, 0.6) is 5.75 Å². The van der Waals surface area contributed by atoms with Crippen molar-refractivity contribution in [3.8, 4) is 22.7 Å². The van der Waals surface area contributed by atoms with Crippen molar-refractivity contribution in [1.82, 2.24) is 15.2 Å². The molecule has 1 aliphatic heterocycles. The lowest BCUT2D eigenvalue weighted by molar-refractivity contribution is 0.475. The number of aromatic hydroxyl groups is 1. The molecule has 1 atom stereocenters. The van der Waals surface area contributed by atoms with Crippen LogP contribution in [0, 0.1) is 5.82 Å². The molecule has 2 N–H and O–H groups in total. The van der Waals surface area contributed by atoms with Gasteiger partial charge in [-0.05, 0) is 66.2 Å². The molecule has 5 rings (SSSR count). The molecule has 0 fully saturated rings. The van der Waals surface area contributed by atoms with Crippen LogP contribution in [0.3, 0.4) is 0 Å². The van der Waals surface area contributed by atoms with Crippen LogP contribution in [0.4, 0.5) is 4.39 Å². The van der Waals surface area contributed by atoms with Crippen molar-refractivity contribution < 1.29 is 9.50 Å². The number of hydrazone groups is 1. The van der Waals surface area contributed by atoms with Gasteiger partial charge in [-0.15, -0.1) is 0 Å². The first-order valence-corrected chi connectivity index (χ1v) is 9.70. The van der Waals surface area contributed by atoms with E-state index in [2.05, 4.69) is 10.5 Å². The molecular formula is C24H19FN4O. The smallest absolute Gasteiger partial charge is 0.123 e. The normalized spacial score (nSPS) is 15.6. The van der Waals surface area contributed by atoms with E-state index in [-0.39, 0.29) is 17.6 Å². The highest BCUT2D eigenvalue weighted by atomic mass is 19.1. The molecule has 0 radical (unpaired) electrons. The van der Waals surface area contributed by atoms with Gasteiger partial charge in [0, 0.05) is 23.7 Å². The molecule has 6 heteroatoms. The Morgan fingerprint density at radius 2 is 1.60 bits per heavy atom. The van der Waals surface area contributed by atoms with Crippen molar-refractivity contribution >= 4 is 5.71 Å². The molecule has 1 aromatic heterocycles. The molecule has 4 aromatic rings. The van der Waals surface area contributed by atoms with Crippen LogP contribution in [-0.2, 0) is 0 Å². The van der Waals surface area contributed by atoms with Crippen molar-refractivity contribution in [2.45, 2.75) is 12.5 Å². The first-order chi connectivity index (χ1) is 14.7. The second-order valence-corrected chi connectivity index (χ2v) is 7.21. The summed E-state index contributed by atoms with van der Waals surface area (Å²) in [4.78, 5) is 0. The van der Waals surface area contributed by atoms with Gasteiger partial charge in [0.15, 0.2) is 0 Å². The van der Waals surface area contributed by atoms with Gasteiger partial charge in [0.1, 0.15) is 11.6 Å². The van der Waals surface area contributed by atoms with Gasteiger partial charge in [0.25, 0.3) is 0 Å². The van der Waals surface area contributed by atoms with E-state index in [0.717, 1.165) is 33.8 Å². The number of phenolic OH excluding ortho intramolecular Hbond substituents is 1. The number of para-hydroxylation sites is 1. The first kappa shape index (κ1) is 18.1. The summed E-state index contributed by atoms with van der Waals surface area (Å²) in [6, 6.07) is 23.2. The fourth-order valence-corrected chi connectivity index (χ4v) is 3.64. The molecule has 0 aliphatic carbocycles. The highest BCUT2D eigenvalue weighted by molar-refractivity contribution is 6.02. The second-order valence-electron chi connectivity index (χ2n) is 7.21. The summed E-state index contributed by atoms with van der Waals surface area (Å²) < 4.78 is 15.3. The summed E-state index contributed by atoms with van der Waals surface area (Å²) in [7, 11) is 0. The Balaban J connectivity index is 1.51. The van der Waals surface area contributed by atoms with Gasteiger partial charge in [-0.2, -0.15) is 10.2 Å². The minimum atomic E-state index is -0.278. The maximum Gasteiger partial charge on any atom is 0.123 e. The van der Waals surface area contributed by atoms with Crippen molar-refractivity contribution in [2.75, 3.05) is 0 Å². The molecule has 5 nitrogen and oxygen atoms in total. The molecule has 30 heavy (non-hydrogen) atoms. The van der Waals surface area contributed by atoms with Gasteiger partial charge in [0.05, 0.1) is 23.1 Å². The Labute approximate surface area is 173 Å². The SMILES string of the molecule is Oc1ccc(C2=NN[C@@H](c3cn(-c4ccccc4)nc3-c3ccc(F)cc3)C2)cc1. The highest BCUT2D eigenvalue weighted by Crippen LogP contribution is 2.33. The Bertz CT molecular complexity index is 1200. The van der Waals surface area contributed by atoms with Crippen LogP contribution in [-0.4, -0.2) is 20.6 Å². The zero-order chi connectivity index (χ0) is 20.5. The lowest BCUT2D eigenvalue weighted by Gasteiger charge is -2.10. The van der Waals surface area contributed by atoms with Gasteiger partial charge >= 0.3 is 0 Å². The fraction of sp³-hybridized carbons (Fsp3) is 0.0833. The number of nitrogens with one attached hydrogen (secondary N) is 1. The van der Waals surface area contributed by atoms with Crippen molar-refractivity contribution in [2.24, 2.45) is 5.10 Å². The summed E-state index contributed by atoms with van der Waals surface area (Å²) in [5.74, 6) is -0.0516. The Morgan fingerprint density at radius 1 is 0.900 bits per heavy atom. The molecule has 148 valence electrons. The Kier molecular flexibility index (Phi) is 4.52. The molecule has 3 aromatic carbocycles. The average Bonchev–Trinajstić information content (AvgIpc) is 3.43. The number of benzene rings is 3. The molecular weight excluding hydrogens is 379 g/mol. The summed E-state index contributed by atoms with van der Waals surface area (Å²) in [5.41, 5.74) is 8.67. The molecule has 0 spiro atoms. The van der Waals surface area contributed by atoms with E-state index in [1.54, 1.807) is 24.3 Å². The van der Waals surface area contributed by atoms with Gasteiger partial charge < -0.3 is 10.5 Å². The highest BCUT2D eigenvalue weighted by Gasteiger charge is 2.26. The van der Waals surface area contributed by atoms with Gasteiger partial charge in [-0.3, -0.25) is 0 Å². The standard InChI is InChI=1S/C24H19FN4O/c25-18-10-6-17(7-11-18)24-21(15-29(28-24)19-4-2-1-3-5-19)23-14-22(26-27-23)16-8-12-20(30)13-9-16/h1-13,15,23,27,30H,14H2/t23-/m1/s1. The van der Waals surface area contributed by atoms with Crippen LogP contribution >= 0.6 is 0 Å². The van der Waals surface area contributed by atoms with E-state index in [9.17, 15) is 9.50 Å². The third kappa shape index (κ3) is 3.43. The minimum absolute atomic E-state index is 0.0636. The molecule has 0 bridgehead atoms. The van der Waals surface area contributed by atoms with E-state index in [1.807, 2.05) is 53.3 Å². The number of hydrogen-bond donors (Lipinski definition) is 2. The third-order valence-electron chi connectivity index (χ3n) is 5.21. The number of phenols is 1. The van der Waals surface area contributed by atoms with E-state index < -0.39 is 0 Å². The molecule has 1 aliphatic rings. The molecule has 2 heterocycles. The zero-order valence-corrected chi connectivity index (χ0v) is 16.0. The summed E-state index contributed by atoms with van der Waals surface area (Å²) in [6.45, 7) is 0. The van der Waals surface area contributed by atoms with Crippen molar-refractivity contribution in [3.05, 3.63) is 102 Å². The van der Waals surface area contributed by atoms with Crippen LogP contribution in [0.25, 0.3) is 16.9 Å². The number of nitrogens with zero attached hydrogens (tertiary/aromatic N) is 3. The van der Waals surface area contributed by atoms with Gasteiger partial charge in [-0.25, -0.2) is 9.07 Å². The lowest BCUT2D eigenvalue weighted by Crippen LogP contribution is -2.10. The van der Waals surface area contributed by atoms with Crippen LogP contribution in [0.2, 0.25) is 0 Å². The quantitative estimate of drug-likeness (QED) is 0.518. The number of hydrogen-bond acceptors (Lipinski definition) is 4. The maximum absolute atomic E-state index is 13.5. The third-order valence-corrected chi connectivity index (χ3v) is 5.21. The van der Waals surface area contributed by atoms with Crippen LogP contribution in [0.15, 0.2) is 90.2 Å². The predicted octanol–water partition coefficient (Wildman–Crippen LogP) is 4.82. The summed E-state index contributed by atoms with van der Waals surface area (Å²) in [5, 5.41) is 18.8. The molecule has 0 saturated heterocycles. The van der Waals surface area contributed by atoms with Gasteiger partial charge in [-0.1, -0.05) is 18.2 Å². The topological polar surface area (TPSA) is 62.4 Å². The van der Waals surface area contributed by atoms with E-state index in [4.69, 9.17) is 5.10 Å². The van der Waals surface area contributed by atoms with E-state index >= 15 is 0 Å². The summed E-state index contributed by atoms with van der Waals surface area (Å²) >= 11 is 0. The van der Waals surface area contributed by atoms with Gasteiger partial charge in [0.2, 0.25) is 0 Å². The summed E-state index contributed by atoms with van der Waals surface area (Å²) in [6.07, 6.45) is 2.68. The van der Waals surface area contributed by atoms with Crippen molar-refractivity contribution in [3.63, 3.8) is 0 Å². The van der Waals surface area contributed by atoms with Crippen LogP contribution < -0.4 is 5.43 Å². The maximum atomic E-state index is 13.5. The van der Waals surface area contributed by atoms with E-state index in [1.165, 1.54) is 12.1 Å². The fourth-order valence-electron chi connectivity index (χ4n) is 3.64. The monoisotopic (exact) mass is 398 g/mol. The minimum Gasteiger partial charge on any atom is -0.508 e. The average molecular weight is 398 g/mol. The first-order valence-electron chi connectivity index (χ1n) is 9.70. The van der Waals surface area contributed by atoms with Crippen molar-refractivity contribution in [1.29, 1.82) is 0 Å². The Morgan fingerprint density at radius 3 is 2.33 bits per heavy atom. The van der Waals surface area contributed by atoms with Crippen LogP contribution in [0.1, 0.15) is 23.6 Å². The molecule has 0 saturated carbocycles. The largest absolute Gasteiger partial charge is 0.508 e. The zero-order valence-electron chi connectivity index (χ0n) is 16.0. The number of rotatable bonds is 4. The number of halogens is 1. The van der Waals surface area contributed by atoms with E-state index in [0.29, 0.717) is 6.42 Å². The number of aromatic nitrogens is 2.